The van der Waals surface area contributed by atoms with Crippen molar-refractivity contribution < 1.29 is 22.4 Å². The van der Waals surface area contributed by atoms with Gasteiger partial charge in [0.15, 0.2) is 11.6 Å². The lowest BCUT2D eigenvalue weighted by Crippen LogP contribution is -2.52. The van der Waals surface area contributed by atoms with E-state index in [2.05, 4.69) is 4.72 Å². The number of halogens is 1. The van der Waals surface area contributed by atoms with E-state index in [9.17, 15) is 22.4 Å². The minimum atomic E-state index is -3.48. The molecule has 2 aromatic rings. The Hall–Kier alpha value is -2.42. The monoisotopic (exact) mass is 484 g/mol. The Morgan fingerprint density at radius 1 is 1.00 bits per heavy atom. The lowest BCUT2D eigenvalue weighted by molar-refractivity contribution is 0.0894. The number of ketones is 2. The second-order valence-electron chi connectivity index (χ2n) is 9.87. The Morgan fingerprint density at radius 2 is 1.62 bits per heavy atom. The average molecular weight is 485 g/mol. The van der Waals surface area contributed by atoms with Crippen molar-refractivity contribution in [2.45, 2.75) is 51.0 Å². The molecule has 1 heterocycles. The van der Waals surface area contributed by atoms with Crippen molar-refractivity contribution in [2.24, 2.45) is 11.8 Å². The van der Waals surface area contributed by atoms with Crippen LogP contribution in [0.1, 0.15) is 64.4 Å². The number of rotatable bonds is 6. The summed E-state index contributed by atoms with van der Waals surface area (Å²) in [4.78, 5) is 25.4. The zero-order chi connectivity index (χ0) is 24.1. The summed E-state index contributed by atoms with van der Waals surface area (Å²) in [7, 11) is -3.48. The van der Waals surface area contributed by atoms with Gasteiger partial charge in [-0.25, -0.2) is 4.39 Å². The summed E-state index contributed by atoms with van der Waals surface area (Å²) in [5, 5.41) is 0. The van der Waals surface area contributed by atoms with Gasteiger partial charge >= 0.3 is 0 Å². The van der Waals surface area contributed by atoms with Gasteiger partial charge in [0.05, 0.1) is 12.0 Å². The van der Waals surface area contributed by atoms with Crippen LogP contribution < -0.4 is 4.72 Å². The van der Waals surface area contributed by atoms with Crippen LogP contribution in [0.25, 0.3) is 0 Å². The van der Waals surface area contributed by atoms with Gasteiger partial charge in [0, 0.05) is 24.2 Å². The highest BCUT2D eigenvalue weighted by molar-refractivity contribution is 7.87. The van der Waals surface area contributed by atoms with Crippen molar-refractivity contribution in [3.8, 4) is 0 Å². The lowest BCUT2D eigenvalue weighted by atomic mass is 9.79. The van der Waals surface area contributed by atoms with Crippen LogP contribution >= 0.6 is 0 Å². The first kappa shape index (κ1) is 23.3. The Kier molecular flexibility index (Phi) is 5.94. The largest absolute Gasteiger partial charge is 0.294 e. The fourth-order valence-electron chi connectivity index (χ4n) is 6.11. The van der Waals surface area contributed by atoms with Crippen LogP contribution in [0.15, 0.2) is 42.5 Å². The molecule has 2 aliphatic carbocycles. The van der Waals surface area contributed by atoms with Gasteiger partial charge in [0.25, 0.3) is 10.2 Å². The number of fused-ring (bicyclic) bond motifs is 1. The molecule has 2 aromatic carbocycles. The second kappa shape index (κ2) is 8.66. The Labute approximate surface area is 199 Å². The molecule has 0 aromatic heterocycles. The van der Waals surface area contributed by atoms with Crippen molar-refractivity contribution in [1.29, 1.82) is 0 Å². The highest BCUT2D eigenvalue weighted by atomic mass is 32.2. The molecular formula is C26H29FN2O4S. The summed E-state index contributed by atoms with van der Waals surface area (Å²) in [6, 6.07) is 10.8. The maximum Gasteiger partial charge on any atom is 0.280 e. The van der Waals surface area contributed by atoms with E-state index in [0.29, 0.717) is 30.6 Å². The third kappa shape index (κ3) is 4.01. The molecule has 8 heteroatoms. The van der Waals surface area contributed by atoms with Crippen LogP contribution in [0.2, 0.25) is 0 Å². The van der Waals surface area contributed by atoms with E-state index in [-0.39, 0.29) is 29.8 Å². The van der Waals surface area contributed by atoms with E-state index in [0.717, 1.165) is 36.8 Å². The zero-order valence-corrected chi connectivity index (χ0v) is 20.0. The predicted molar refractivity (Wildman–Crippen MR) is 126 cm³/mol. The minimum Gasteiger partial charge on any atom is -0.294 e. The molecule has 0 radical (unpaired) electrons. The number of Topliss-reactive ketones (excluding diaryl/α,β-unsaturated/α-hetero) is 2. The second-order valence-corrected chi connectivity index (χ2v) is 11.5. The average Bonchev–Trinajstić information content (AvgIpc) is 3.19. The summed E-state index contributed by atoms with van der Waals surface area (Å²) < 4.78 is 43.4. The van der Waals surface area contributed by atoms with Gasteiger partial charge in [0.2, 0.25) is 0 Å². The highest BCUT2D eigenvalue weighted by Crippen LogP contribution is 2.50. The summed E-state index contributed by atoms with van der Waals surface area (Å²) in [5.74, 6) is -0.645. The summed E-state index contributed by atoms with van der Waals surface area (Å²) in [6.45, 7) is 3.01. The maximum absolute atomic E-state index is 13.1. The van der Waals surface area contributed by atoms with E-state index in [1.54, 1.807) is 10.4 Å². The van der Waals surface area contributed by atoms with Crippen LogP contribution in [0.4, 0.5) is 4.39 Å². The van der Waals surface area contributed by atoms with Gasteiger partial charge in [-0.15, -0.1) is 0 Å². The van der Waals surface area contributed by atoms with Gasteiger partial charge in [-0.3, -0.25) is 9.59 Å². The molecule has 1 saturated carbocycles. The summed E-state index contributed by atoms with van der Waals surface area (Å²) >= 11 is 0. The highest BCUT2D eigenvalue weighted by Gasteiger charge is 2.59. The number of hydrogen-bond acceptors (Lipinski definition) is 4. The Bertz CT molecular complexity index is 1240. The van der Waals surface area contributed by atoms with Crippen molar-refractivity contribution in [3.05, 3.63) is 70.5 Å². The van der Waals surface area contributed by atoms with Gasteiger partial charge < -0.3 is 0 Å². The Balaban J connectivity index is 1.37. The molecule has 2 bridgehead atoms. The number of benzene rings is 2. The maximum atomic E-state index is 13.1. The molecule has 6 nitrogen and oxygen atoms in total. The van der Waals surface area contributed by atoms with Crippen LogP contribution in [-0.2, 0) is 23.1 Å². The standard InChI is InChI=1S/C26H29FN2O4S/c1-2-11-29-16-26(28-34(29,32)33)21-7-8-22(26)14-20-12-19(4-3-18(20)13-21)25(31)15-24(30)17-5-9-23(27)10-6-17/h3-6,9-10,12,21-22,28H,2,7-8,11,13-16H2,1H3. The third-order valence-corrected chi connectivity index (χ3v) is 9.47. The molecule has 2 fully saturated rings. The zero-order valence-electron chi connectivity index (χ0n) is 19.2. The molecule has 5 rings (SSSR count). The molecule has 3 atom stereocenters. The fourth-order valence-corrected chi connectivity index (χ4v) is 7.93. The summed E-state index contributed by atoms with van der Waals surface area (Å²) in [5.41, 5.74) is 2.56. The first-order chi connectivity index (χ1) is 16.2. The summed E-state index contributed by atoms with van der Waals surface area (Å²) in [6.07, 6.45) is 3.92. The number of hydrogen-bond donors (Lipinski definition) is 1. The van der Waals surface area contributed by atoms with E-state index < -0.39 is 21.6 Å². The van der Waals surface area contributed by atoms with Crippen LogP contribution in [-0.4, -0.2) is 42.9 Å². The van der Waals surface area contributed by atoms with Crippen LogP contribution in [0.3, 0.4) is 0 Å². The number of carbonyl (C=O) groups excluding carboxylic acids is 2. The van der Waals surface area contributed by atoms with E-state index in [1.807, 2.05) is 19.1 Å². The van der Waals surface area contributed by atoms with Crippen molar-refractivity contribution in [1.82, 2.24) is 9.03 Å². The van der Waals surface area contributed by atoms with Crippen molar-refractivity contribution >= 4 is 21.8 Å². The molecule has 1 spiro atoms. The fraction of sp³-hybridized carbons (Fsp3) is 0.462. The van der Waals surface area contributed by atoms with Gasteiger partial charge in [-0.1, -0.05) is 19.1 Å². The van der Waals surface area contributed by atoms with E-state index in [1.165, 1.54) is 24.3 Å². The number of nitrogens with zero attached hydrogens (tertiary/aromatic N) is 1. The van der Waals surface area contributed by atoms with E-state index in [4.69, 9.17) is 0 Å². The molecule has 1 N–H and O–H groups in total. The van der Waals surface area contributed by atoms with Crippen molar-refractivity contribution in [2.75, 3.05) is 13.1 Å². The first-order valence-electron chi connectivity index (χ1n) is 11.9. The molecular weight excluding hydrogens is 455 g/mol. The SMILES string of the molecule is CCCN1CC2(NS1(=O)=O)C1CCC2Cc2cc(C(=O)CC(=O)c3ccc(F)cc3)ccc2C1. The van der Waals surface area contributed by atoms with Crippen LogP contribution in [0, 0.1) is 17.7 Å². The topological polar surface area (TPSA) is 83.6 Å². The molecule has 34 heavy (non-hydrogen) atoms. The minimum absolute atomic E-state index is 0.168. The Morgan fingerprint density at radius 3 is 2.29 bits per heavy atom. The smallest absolute Gasteiger partial charge is 0.280 e. The quantitative estimate of drug-likeness (QED) is 0.501. The molecule has 3 unspecified atom stereocenters. The molecule has 3 aliphatic rings. The molecule has 180 valence electrons. The van der Waals surface area contributed by atoms with Crippen LogP contribution in [0.5, 0.6) is 0 Å². The van der Waals surface area contributed by atoms with Gasteiger partial charge in [-0.2, -0.15) is 17.4 Å². The number of nitrogens with one attached hydrogen (secondary N) is 1. The molecule has 1 aliphatic heterocycles. The normalized spacial score (nSPS) is 27.5. The third-order valence-electron chi connectivity index (χ3n) is 7.84. The number of carbonyl (C=O) groups is 2. The first-order valence-corrected chi connectivity index (χ1v) is 13.4. The predicted octanol–water partition coefficient (Wildman–Crippen LogP) is 3.71. The van der Waals surface area contributed by atoms with Gasteiger partial charge in [0.1, 0.15) is 5.82 Å². The molecule has 1 saturated heterocycles. The van der Waals surface area contributed by atoms with E-state index >= 15 is 0 Å². The van der Waals surface area contributed by atoms with Gasteiger partial charge in [-0.05, 0) is 85.4 Å². The lowest BCUT2D eigenvalue weighted by Gasteiger charge is -2.33. The molecule has 0 amide bonds. The van der Waals surface area contributed by atoms with Crippen molar-refractivity contribution in [3.63, 3.8) is 0 Å².